The van der Waals surface area contributed by atoms with Crippen molar-refractivity contribution in [2.75, 3.05) is 32.8 Å². The van der Waals surface area contributed by atoms with Gasteiger partial charge >= 0.3 is 0 Å². The fourth-order valence-electron chi connectivity index (χ4n) is 3.42. The van der Waals surface area contributed by atoms with Gasteiger partial charge in [0.25, 0.3) is 0 Å². The van der Waals surface area contributed by atoms with Gasteiger partial charge in [-0.1, -0.05) is 41.5 Å². The van der Waals surface area contributed by atoms with Gasteiger partial charge in [-0.2, -0.15) is 0 Å². The summed E-state index contributed by atoms with van der Waals surface area (Å²) < 4.78 is 0. The zero-order valence-electron chi connectivity index (χ0n) is 16.1. The van der Waals surface area contributed by atoms with Crippen LogP contribution in [0.25, 0.3) is 0 Å². The summed E-state index contributed by atoms with van der Waals surface area (Å²) in [6.45, 7) is 16.6. The maximum Gasteiger partial charge on any atom is 0.123 e. The van der Waals surface area contributed by atoms with Crippen molar-refractivity contribution in [1.29, 1.82) is 0 Å². The molecule has 3 N–H and O–H groups in total. The number of phenolic OH excluding ortho intramolecular Hbond substituents is 1. The maximum atomic E-state index is 10.9. The Balaban J connectivity index is 2.56. The highest BCUT2D eigenvalue weighted by Gasteiger charge is 2.30. The van der Waals surface area contributed by atoms with Crippen LogP contribution in [0, 0.1) is 0 Å². The van der Waals surface area contributed by atoms with Gasteiger partial charge in [-0.05, 0) is 39.7 Å². The van der Waals surface area contributed by atoms with Crippen molar-refractivity contribution in [2.45, 2.75) is 58.4 Å². The van der Waals surface area contributed by atoms with Gasteiger partial charge in [-0.3, -0.25) is 4.90 Å². The Morgan fingerprint density at radius 2 is 1.46 bits per heavy atom. The van der Waals surface area contributed by atoms with E-state index < -0.39 is 0 Å². The molecule has 1 heterocycles. The Labute approximate surface area is 146 Å². The molecule has 4 heteroatoms. The van der Waals surface area contributed by atoms with E-state index in [9.17, 15) is 10.2 Å². The predicted octanol–water partition coefficient (Wildman–Crippen LogP) is 2.93. The van der Waals surface area contributed by atoms with Gasteiger partial charge in [0.1, 0.15) is 5.75 Å². The molecule has 4 nitrogen and oxygen atoms in total. The van der Waals surface area contributed by atoms with Crippen LogP contribution in [-0.4, -0.2) is 47.9 Å². The second-order valence-electron chi connectivity index (χ2n) is 8.95. The summed E-state index contributed by atoms with van der Waals surface area (Å²) in [7, 11) is 0. The van der Waals surface area contributed by atoms with Crippen molar-refractivity contribution in [3.05, 3.63) is 28.8 Å². The molecule has 0 spiro atoms. The van der Waals surface area contributed by atoms with Gasteiger partial charge in [-0.25, -0.2) is 0 Å². The van der Waals surface area contributed by atoms with Gasteiger partial charge in [0, 0.05) is 26.2 Å². The van der Waals surface area contributed by atoms with Gasteiger partial charge in [-0.15, -0.1) is 0 Å². The molecule has 1 fully saturated rings. The molecule has 1 aliphatic rings. The Bertz CT molecular complexity index is 529. The molecule has 1 atom stereocenters. The van der Waals surface area contributed by atoms with Crippen LogP contribution in [0.2, 0.25) is 0 Å². The molecule has 1 aromatic carbocycles. The average Bonchev–Trinajstić information content (AvgIpc) is 2.48. The lowest BCUT2D eigenvalue weighted by atomic mass is 9.77. The van der Waals surface area contributed by atoms with E-state index in [0.717, 1.165) is 42.9 Å². The zero-order chi connectivity index (χ0) is 18.1. The molecular weight excluding hydrogens is 300 g/mol. The normalized spacial score (nSPS) is 18.6. The molecule has 136 valence electrons. The topological polar surface area (TPSA) is 55.7 Å². The van der Waals surface area contributed by atoms with Crippen LogP contribution in [0.1, 0.15) is 64.3 Å². The quantitative estimate of drug-likeness (QED) is 0.795. The fraction of sp³-hybridized carbons (Fsp3) is 0.700. The molecule has 0 aliphatic carbocycles. The van der Waals surface area contributed by atoms with Crippen molar-refractivity contribution < 1.29 is 10.2 Å². The summed E-state index contributed by atoms with van der Waals surface area (Å²) in [5.74, 6) is 0.399. The molecule has 1 saturated heterocycles. The van der Waals surface area contributed by atoms with Crippen molar-refractivity contribution in [3.63, 3.8) is 0 Å². The van der Waals surface area contributed by atoms with E-state index in [0.29, 0.717) is 5.75 Å². The van der Waals surface area contributed by atoms with E-state index in [1.165, 1.54) is 0 Å². The van der Waals surface area contributed by atoms with Crippen molar-refractivity contribution in [2.24, 2.45) is 0 Å². The molecular formula is C20H34N2O2. The molecule has 1 aromatic rings. The van der Waals surface area contributed by atoms with Crippen LogP contribution >= 0.6 is 0 Å². The molecule has 1 aliphatic heterocycles. The third-order valence-corrected chi connectivity index (χ3v) is 4.90. The van der Waals surface area contributed by atoms with Gasteiger partial charge in [0.05, 0.1) is 12.6 Å². The molecule has 0 amide bonds. The molecule has 24 heavy (non-hydrogen) atoms. The standard InChI is InChI=1S/C20H34N2O2/c1-19(2,3)15-11-14(12-16(18(15)24)20(4,5)6)17(13-23)22-9-7-21-8-10-22/h11-12,17,21,23-24H,7-10,13H2,1-6H3/t17-/m1/s1. The second kappa shape index (κ2) is 7.03. The van der Waals surface area contributed by atoms with E-state index in [1.54, 1.807) is 0 Å². The van der Waals surface area contributed by atoms with Crippen molar-refractivity contribution in [3.8, 4) is 5.75 Å². The maximum absolute atomic E-state index is 10.9. The Kier molecular flexibility index (Phi) is 5.63. The minimum absolute atomic E-state index is 0.0186. The first-order valence-electron chi connectivity index (χ1n) is 8.99. The van der Waals surface area contributed by atoms with E-state index in [2.05, 4.69) is 63.9 Å². The second-order valence-corrected chi connectivity index (χ2v) is 8.95. The van der Waals surface area contributed by atoms with Crippen LogP contribution < -0.4 is 5.32 Å². The van der Waals surface area contributed by atoms with Crippen LogP contribution in [0.4, 0.5) is 0 Å². The minimum atomic E-state index is -0.149. The van der Waals surface area contributed by atoms with Crippen molar-refractivity contribution in [1.82, 2.24) is 10.2 Å². The lowest BCUT2D eigenvalue weighted by molar-refractivity contribution is 0.110. The van der Waals surface area contributed by atoms with Gasteiger partial charge in [0.15, 0.2) is 0 Å². The third kappa shape index (κ3) is 4.11. The number of benzene rings is 1. The highest BCUT2D eigenvalue weighted by molar-refractivity contribution is 5.50. The first kappa shape index (κ1) is 19.2. The minimum Gasteiger partial charge on any atom is -0.507 e. The lowest BCUT2D eigenvalue weighted by Crippen LogP contribution is -2.46. The van der Waals surface area contributed by atoms with Crippen molar-refractivity contribution >= 4 is 0 Å². The number of piperazine rings is 1. The Morgan fingerprint density at radius 3 is 1.83 bits per heavy atom. The highest BCUT2D eigenvalue weighted by Crippen LogP contribution is 2.41. The molecule has 0 unspecified atom stereocenters. The Morgan fingerprint density at radius 1 is 1.00 bits per heavy atom. The summed E-state index contributed by atoms with van der Waals surface area (Å²) in [6.07, 6.45) is 0. The van der Waals surface area contributed by atoms with Gasteiger partial charge < -0.3 is 15.5 Å². The number of aliphatic hydroxyl groups is 1. The fourth-order valence-corrected chi connectivity index (χ4v) is 3.42. The third-order valence-electron chi connectivity index (χ3n) is 4.90. The van der Waals surface area contributed by atoms with Gasteiger partial charge in [0.2, 0.25) is 0 Å². The lowest BCUT2D eigenvalue weighted by Gasteiger charge is -2.36. The monoisotopic (exact) mass is 334 g/mol. The number of rotatable bonds is 3. The van der Waals surface area contributed by atoms with Crippen LogP contribution in [0.3, 0.4) is 0 Å². The molecule has 2 rings (SSSR count). The number of hydrogen-bond donors (Lipinski definition) is 3. The highest BCUT2D eigenvalue weighted by atomic mass is 16.3. The number of nitrogens with one attached hydrogen (secondary N) is 1. The van der Waals surface area contributed by atoms with E-state index in [4.69, 9.17) is 0 Å². The van der Waals surface area contributed by atoms with E-state index in [1.807, 2.05) is 0 Å². The van der Waals surface area contributed by atoms with Crippen LogP contribution in [0.5, 0.6) is 5.75 Å². The summed E-state index contributed by atoms with van der Waals surface area (Å²) >= 11 is 0. The number of aliphatic hydroxyl groups excluding tert-OH is 1. The summed E-state index contributed by atoms with van der Waals surface area (Å²) in [5.41, 5.74) is 2.72. The van der Waals surface area contributed by atoms with Crippen LogP contribution in [0.15, 0.2) is 12.1 Å². The van der Waals surface area contributed by atoms with E-state index >= 15 is 0 Å². The molecule has 0 saturated carbocycles. The smallest absolute Gasteiger partial charge is 0.123 e. The summed E-state index contributed by atoms with van der Waals surface area (Å²) in [5, 5.41) is 24.3. The summed E-state index contributed by atoms with van der Waals surface area (Å²) in [6, 6.07) is 4.16. The SMILES string of the molecule is CC(C)(C)c1cc([C@@H](CO)N2CCNCC2)cc(C(C)(C)C)c1O. The Hall–Kier alpha value is -1.10. The number of hydrogen-bond acceptors (Lipinski definition) is 4. The molecule has 0 bridgehead atoms. The van der Waals surface area contributed by atoms with Crippen LogP contribution in [-0.2, 0) is 10.8 Å². The zero-order valence-corrected chi connectivity index (χ0v) is 16.1. The largest absolute Gasteiger partial charge is 0.507 e. The summed E-state index contributed by atoms with van der Waals surface area (Å²) in [4.78, 5) is 2.34. The predicted molar refractivity (Wildman–Crippen MR) is 99.8 cm³/mol. The first-order chi connectivity index (χ1) is 11.1. The van der Waals surface area contributed by atoms with E-state index in [-0.39, 0.29) is 23.5 Å². The first-order valence-corrected chi connectivity index (χ1v) is 8.99. The number of phenols is 1. The number of aromatic hydroxyl groups is 1. The number of nitrogens with zero attached hydrogens (tertiary/aromatic N) is 1. The average molecular weight is 335 g/mol. The molecule has 0 radical (unpaired) electrons. The molecule has 0 aromatic heterocycles.